The second-order valence-electron chi connectivity index (χ2n) is 4.20. The monoisotopic (exact) mass is 331 g/mol. The lowest BCUT2D eigenvalue weighted by Gasteiger charge is -2.10. The Morgan fingerprint density at radius 2 is 2.00 bits per heavy atom. The number of alkyl halides is 3. The number of nitro groups is 1. The van der Waals surface area contributed by atoms with Crippen LogP contribution < -0.4 is 4.74 Å². The van der Waals surface area contributed by atoms with Crippen molar-refractivity contribution in [3.8, 4) is 16.2 Å². The van der Waals surface area contributed by atoms with Crippen LogP contribution in [0.3, 0.4) is 0 Å². The molecule has 0 fully saturated rings. The van der Waals surface area contributed by atoms with Crippen LogP contribution in [0.2, 0.25) is 0 Å². The summed E-state index contributed by atoms with van der Waals surface area (Å²) in [6, 6.07) is 6.46. The van der Waals surface area contributed by atoms with Crippen LogP contribution in [0.1, 0.15) is 9.67 Å². The third-order valence-electron chi connectivity index (χ3n) is 2.53. The first-order valence-electron chi connectivity index (χ1n) is 5.83. The fraction of sp³-hybridized carbons (Fsp3) is 0.154. The van der Waals surface area contributed by atoms with E-state index in [0.29, 0.717) is 21.6 Å². The van der Waals surface area contributed by atoms with Gasteiger partial charge in [0.2, 0.25) is 0 Å². The Morgan fingerprint density at radius 3 is 2.55 bits per heavy atom. The van der Waals surface area contributed by atoms with E-state index < -0.39 is 23.4 Å². The molecule has 0 unspecified atom stereocenters. The number of hydrogen-bond acceptors (Lipinski definition) is 5. The van der Waals surface area contributed by atoms with Gasteiger partial charge in [-0.3, -0.25) is 14.9 Å². The molecule has 9 heteroatoms. The number of carbonyl (C=O) groups excluding carboxylic acids is 1. The van der Waals surface area contributed by atoms with Crippen molar-refractivity contribution in [2.45, 2.75) is 6.18 Å². The quantitative estimate of drug-likeness (QED) is 0.470. The van der Waals surface area contributed by atoms with Crippen LogP contribution in [0.4, 0.5) is 18.9 Å². The first kappa shape index (κ1) is 16.0. The van der Waals surface area contributed by atoms with Crippen LogP contribution in [0.25, 0.3) is 10.4 Å². The van der Waals surface area contributed by atoms with Crippen molar-refractivity contribution in [3.63, 3.8) is 0 Å². The average Bonchev–Trinajstić information content (AvgIpc) is 2.93. The Balaban J connectivity index is 2.38. The number of nitro benzene ring substituents is 1. The van der Waals surface area contributed by atoms with Gasteiger partial charge < -0.3 is 4.74 Å². The molecule has 0 spiro atoms. The molecule has 0 aliphatic heterocycles. The Labute approximate surface area is 126 Å². The summed E-state index contributed by atoms with van der Waals surface area (Å²) < 4.78 is 41.1. The Morgan fingerprint density at radius 1 is 1.27 bits per heavy atom. The van der Waals surface area contributed by atoms with E-state index in [-0.39, 0.29) is 5.75 Å². The van der Waals surface area contributed by atoms with Crippen LogP contribution in [-0.2, 0) is 0 Å². The van der Waals surface area contributed by atoms with E-state index in [1.54, 1.807) is 6.07 Å². The average molecular weight is 331 g/mol. The molecule has 22 heavy (non-hydrogen) atoms. The molecule has 0 bridgehead atoms. The summed E-state index contributed by atoms with van der Waals surface area (Å²) in [6.45, 7) is -1.54. The fourth-order valence-corrected chi connectivity index (χ4v) is 2.46. The lowest BCUT2D eigenvalue weighted by Crippen LogP contribution is -2.19. The van der Waals surface area contributed by atoms with Crippen LogP contribution >= 0.6 is 11.3 Å². The van der Waals surface area contributed by atoms with E-state index in [9.17, 15) is 28.1 Å². The summed E-state index contributed by atoms with van der Waals surface area (Å²) in [5, 5.41) is 10.9. The number of aldehydes is 1. The second kappa shape index (κ2) is 6.14. The number of carbonyl (C=O) groups is 1. The molecule has 0 aliphatic carbocycles. The highest BCUT2D eigenvalue weighted by molar-refractivity contribution is 7.17. The minimum absolute atomic E-state index is 0.262. The molecule has 1 heterocycles. The number of rotatable bonds is 5. The van der Waals surface area contributed by atoms with E-state index in [0.717, 1.165) is 17.4 Å². The fourth-order valence-electron chi connectivity index (χ4n) is 1.65. The van der Waals surface area contributed by atoms with Gasteiger partial charge >= 0.3 is 6.18 Å². The van der Waals surface area contributed by atoms with Crippen LogP contribution in [0.15, 0.2) is 30.3 Å². The van der Waals surface area contributed by atoms with Gasteiger partial charge in [0.15, 0.2) is 12.9 Å². The molecule has 0 saturated carbocycles. The number of hydrogen-bond donors (Lipinski definition) is 0. The lowest BCUT2D eigenvalue weighted by atomic mass is 10.1. The summed E-state index contributed by atoms with van der Waals surface area (Å²) in [6.07, 6.45) is -3.93. The van der Waals surface area contributed by atoms with Gasteiger partial charge in [0.25, 0.3) is 5.69 Å². The smallest absolute Gasteiger partial charge is 0.422 e. The zero-order chi connectivity index (χ0) is 16.3. The number of non-ortho nitro benzene ring substituents is 1. The maximum absolute atomic E-state index is 12.2. The molecule has 0 radical (unpaired) electrons. The van der Waals surface area contributed by atoms with Gasteiger partial charge in [0, 0.05) is 16.5 Å². The highest BCUT2D eigenvalue weighted by atomic mass is 32.1. The SMILES string of the molecule is O=Cc1ccc(-c2cc(OCC(F)(F)F)cc([N+](=O)[O-])c2)s1. The zero-order valence-electron chi connectivity index (χ0n) is 10.8. The Kier molecular flexibility index (Phi) is 4.45. The van der Waals surface area contributed by atoms with Gasteiger partial charge in [-0.2, -0.15) is 13.2 Å². The van der Waals surface area contributed by atoms with E-state index >= 15 is 0 Å². The standard InChI is InChI=1S/C13H8F3NO4S/c14-13(15,16)7-21-10-4-8(3-9(5-10)17(19)20)12-2-1-11(6-18)22-12/h1-6H,7H2. The summed E-state index contributed by atoms with van der Waals surface area (Å²) in [5.41, 5.74) is -0.0831. The summed E-state index contributed by atoms with van der Waals surface area (Å²) in [4.78, 5) is 21.7. The molecule has 0 saturated heterocycles. The number of nitrogens with zero attached hydrogens (tertiary/aromatic N) is 1. The summed E-state index contributed by atoms with van der Waals surface area (Å²) >= 11 is 1.07. The van der Waals surface area contributed by atoms with Crippen molar-refractivity contribution in [3.05, 3.63) is 45.3 Å². The minimum atomic E-state index is -4.54. The van der Waals surface area contributed by atoms with Gasteiger partial charge in [-0.15, -0.1) is 11.3 Å². The molecule has 0 atom stereocenters. The molecule has 0 aliphatic rings. The van der Waals surface area contributed by atoms with Gasteiger partial charge in [0.1, 0.15) is 5.75 Å². The molecule has 1 aromatic carbocycles. The van der Waals surface area contributed by atoms with Gasteiger partial charge in [0.05, 0.1) is 15.9 Å². The molecule has 116 valence electrons. The van der Waals surface area contributed by atoms with Gasteiger partial charge in [-0.05, 0) is 18.2 Å². The lowest BCUT2D eigenvalue weighted by molar-refractivity contribution is -0.384. The number of ether oxygens (including phenoxy) is 1. The predicted molar refractivity (Wildman–Crippen MR) is 73.3 cm³/mol. The number of thiophene rings is 1. The Bertz CT molecular complexity index is 712. The van der Waals surface area contributed by atoms with Gasteiger partial charge in [-0.1, -0.05) is 0 Å². The molecule has 2 rings (SSSR count). The van der Waals surface area contributed by atoms with Gasteiger partial charge in [-0.25, -0.2) is 0 Å². The second-order valence-corrected chi connectivity index (χ2v) is 5.31. The van der Waals surface area contributed by atoms with Crippen molar-refractivity contribution in [2.75, 3.05) is 6.61 Å². The zero-order valence-corrected chi connectivity index (χ0v) is 11.6. The van der Waals surface area contributed by atoms with Crippen LogP contribution in [0.5, 0.6) is 5.75 Å². The normalized spacial score (nSPS) is 11.2. The van der Waals surface area contributed by atoms with Crippen molar-refractivity contribution in [1.29, 1.82) is 0 Å². The largest absolute Gasteiger partial charge is 0.484 e. The van der Waals surface area contributed by atoms with Crippen molar-refractivity contribution in [1.82, 2.24) is 0 Å². The first-order chi connectivity index (χ1) is 10.3. The van der Waals surface area contributed by atoms with Crippen molar-refractivity contribution in [2.24, 2.45) is 0 Å². The maximum atomic E-state index is 12.2. The topological polar surface area (TPSA) is 69.4 Å². The summed E-state index contributed by atoms with van der Waals surface area (Å²) in [5.74, 6) is -0.262. The highest BCUT2D eigenvalue weighted by Crippen LogP contribution is 2.34. The van der Waals surface area contributed by atoms with Crippen LogP contribution in [0, 0.1) is 10.1 Å². The number of benzene rings is 1. The third-order valence-corrected chi connectivity index (χ3v) is 3.59. The number of halogens is 3. The van der Waals surface area contributed by atoms with E-state index in [2.05, 4.69) is 4.74 Å². The molecule has 0 amide bonds. The molecule has 0 N–H and O–H groups in total. The van der Waals surface area contributed by atoms with Crippen molar-refractivity contribution >= 4 is 23.3 Å². The minimum Gasteiger partial charge on any atom is -0.484 e. The molecule has 1 aromatic heterocycles. The molecule has 5 nitrogen and oxygen atoms in total. The van der Waals surface area contributed by atoms with E-state index in [1.807, 2.05) is 0 Å². The van der Waals surface area contributed by atoms with E-state index in [1.165, 1.54) is 18.2 Å². The predicted octanol–water partition coefficient (Wildman–Crippen LogP) is 4.08. The highest BCUT2D eigenvalue weighted by Gasteiger charge is 2.28. The Hall–Kier alpha value is -2.42. The summed E-state index contributed by atoms with van der Waals surface area (Å²) in [7, 11) is 0. The molecule has 2 aromatic rings. The van der Waals surface area contributed by atoms with Crippen molar-refractivity contribution < 1.29 is 27.6 Å². The molecular formula is C13H8F3NO4S. The molecular weight excluding hydrogens is 323 g/mol. The third kappa shape index (κ3) is 4.04. The maximum Gasteiger partial charge on any atom is 0.422 e. The van der Waals surface area contributed by atoms with E-state index in [4.69, 9.17) is 0 Å². The first-order valence-corrected chi connectivity index (χ1v) is 6.64. The van der Waals surface area contributed by atoms with Crippen LogP contribution in [-0.4, -0.2) is 24.0 Å².